The second-order valence-electron chi connectivity index (χ2n) is 8.70. The van der Waals surface area contributed by atoms with Crippen molar-refractivity contribution in [2.75, 3.05) is 52.4 Å². The number of amides is 1. The predicted molar refractivity (Wildman–Crippen MR) is 124 cm³/mol. The minimum Gasteiger partial charge on any atom is -0.357 e. The molecule has 2 heterocycles. The number of carbonyl (C=O) groups excluding carboxylic acids is 1. The molecule has 0 saturated carbocycles. The average Bonchev–Trinajstić information content (AvgIpc) is 3.35. The van der Waals surface area contributed by atoms with Gasteiger partial charge in [0.2, 0.25) is 5.91 Å². The molecule has 1 aromatic carbocycles. The Bertz CT molecular complexity index is 677. The quantitative estimate of drug-likeness (QED) is 0.457. The molecule has 2 aliphatic rings. The lowest BCUT2D eigenvalue weighted by atomic mass is 10.1. The van der Waals surface area contributed by atoms with Crippen molar-refractivity contribution in [1.29, 1.82) is 0 Å². The molecule has 0 bridgehead atoms. The molecule has 2 fully saturated rings. The van der Waals surface area contributed by atoms with Crippen LogP contribution in [0.2, 0.25) is 0 Å². The van der Waals surface area contributed by atoms with E-state index in [9.17, 15) is 4.79 Å². The molecule has 6 nitrogen and oxygen atoms in total. The Morgan fingerprint density at radius 2 is 1.93 bits per heavy atom. The van der Waals surface area contributed by atoms with E-state index in [0.29, 0.717) is 24.8 Å². The molecular formula is C24H39N5O. The number of carbonyl (C=O) groups is 1. The van der Waals surface area contributed by atoms with Crippen molar-refractivity contribution >= 4 is 11.9 Å². The van der Waals surface area contributed by atoms with E-state index in [-0.39, 0.29) is 5.91 Å². The van der Waals surface area contributed by atoms with E-state index in [4.69, 9.17) is 4.99 Å². The number of nitrogens with one attached hydrogen (secondary N) is 2. The molecule has 2 N–H and O–H groups in total. The van der Waals surface area contributed by atoms with Crippen LogP contribution in [0.1, 0.15) is 38.7 Å². The maximum Gasteiger partial charge on any atom is 0.223 e. The van der Waals surface area contributed by atoms with Gasteiger partial charge in [0.15, 0.2) is 5.96 Å². The lowest BCUT2D eigenvalue weighted by molar-refractivity contribution is -0.127. The smallest absolute Gasteiger partial charge is 0.223 e. The van der Waals surface area contributed by atoms with Crippen LogP contribution >= 0.6 is 0 Å². The Morgan fingerprint density at radius 3 is 2.70 bits per heavy atom. The molecule has 2 saturated heterocycles. The third-order valence-electron chi connectivity index (χ3n) is 6.13. The van der Waals surface area contributed by atoms with Gasteiger partial charge in [-0.1, -0.05) is 37.3 Å². The van der Waals surface area contributed by atoms with Gasteiger partial charge in [0, 0.05) is 51.6 Å². The summed E-state index contributed by atoms with van der Waals surface area (Å²) >= 11 is 0. The molecule has 0 aromatic heterocycles. The second-order valence-corrected chi connectivity index (χ2v) is 8.70. The van der Waals surface area contributed by atoms with Gasteiger partial charge in [0.25, 0.3) is 0 Å². The van der Waals surface area contributed by atoms with Crippen molar-refractivity contribution in [2.24, 2.45) is 16.8 Å². The number of hydrogen-bond acceptors (Lipinski definition) is 3. The molecule has 1 amide bonds. The van der Waals surface area contributed by atoms with Gasteiger partial charge in [-0.2, -0.15) is 0 Å². The van der Waals surface area contributed by atoms with Gasteiger partial charge in [-0.3, -0.25) is 9.79 Å². The molecule has 2 aliphatic heterocycles. The summed E-state index contributed by atoms with van der Waals surface area (Å²) in [4.78, 5) is 21.8. The first-order chi connectivity index (χ1) is 14.7. The van der Waals surface area contributed by atoms with Gasteiger partial charge in [-0.05, 0) is 50.8 Å². The molecule has 1 aromatic rings. The zero-order chi connectivity index (χ0) is 21.2. The molecule has 30 heavy (non-hydrogen) atoms. The summed E-state index contributed by atoms with van der Waals surface area (Å²) in [6, 6.07) is 10.4. The second kappa shape index (κ2) is 11.9. The Balaban J connectivity index is 1.42. The van der Waals surface area contributed by atoms with Crippen molar-refractivity contribution in [3.63, 3.8) is 0 Å². The van der Waals surface area contributed by atoms with Crippen molar-refractivity contribution in [3.05, 3.63) is 35.9 Å². The molecule has 6 heteroatoms. The van der Waals surface area contributed by atoms with Gasteiger partial charge in [-0.15, -0.1) is 0 Å². The summed E-state index contributed by atoms with van der Waals surface area (Å²) in [7, 11) is 0. The number of rotatable bonds is 10. The molecule has 0 aliphatic carbocycles. The fraction of sp³-hybridized carbons (Fsp3) is 0.667. The lowest BCUT2D eigenvalue weighted by Gasteiger charge is -2.18. The normalized spacial score (nSPS) is 22.7. The van der Waals surface area contributed by atoms with Gasteiger partial charge in [0.1, 0.15) is 0 Å². The minimum absolute atomic E-state index is 0.270. The largest absolute Gasteiger partial charge is 0.357 e. The van der Waals surface area contributed by atoms with Crippen LogP contribution in [-0.2, 0) is 11.2 Å². The van der Waals surface area contributed by atoms with E-state index >= 15 is 0 Å². The van der Waals surface area contributed by atoms with Crippen LogP contribution < -0.4 is 10.6 Å². The number of likely N-dealkylation sites (tertiary alicyclic amines) is 2. The van der Waals surface area contributed by atoms with E-state index in [0.717, 1.165) is 38.6 Å². The van der Waals surface area contributed by atoms with E-state index in [1.165, 1.54) is 38.0 Å². The highest BCUT2D eigenvalue weighted by Crippen LogP contribution is 2.19. The summed E-state index contributed by atoms with van der Waals surface area (Å²) in [5, 5.41) is 6.89. The van der Waals surface area contributed by atoms with Gasteiger partial charge in [-0.25, -0.2) is 0 Å². The topological polar surface area (TPSA) is 60.0 Å². The highest BCUT2D eigenvalue weighted by Gasteiger charge is 2.29. The van der Waals surface area contributed by atoms with Crippen molar-refractivity contribution in [1.82, 2.24) is 20.4 Å². The standard InChI is InChI=1S/C24H39N5O/c1-3-12-28-13-10-21(18-28)16-26-24(25-4-2)27-17-22-15-23(30)29(19-22)14-11-20-8-6-5-7-9-20/h5-9,21-22H,3-4,10-19H2,1-2H3,(H2,25,26,27). The molecule has 166 valence electrons. The highest BCUT2D eigenvalue weighted by atomic mass is 16.2. The number of nitrogens with zero attached hydrogens (tertiary/aromatic N) is 3. The molecule has 2 atom stereocenters. The van der Waals surface area contributed by atoms with E-state index in [1.807, 2.05) is 11.0 Å². The van der Waals surface area contributed by atoms with Crippen LogP contribution in [0.15, 0.2) is 35.3 Å². The summed E-state index contributed by atoms with van der Waals surface area (Å²) in [5.41, 5.74) is 1.29. The van der Waals surface area contributed by atoms with Gasteiger partial charge < -0.3 is 20.4 Å². The average molecular weight is 414 g/mol. The SMILES string of the molecule is CCCN1CCC(CNC(=NCC2CC(=O)N(CCc3ccccc3)C2)NCC)C1. The number of guanidine groups is 1. The van der Waals surface area contributed by atoms with Gasteiger partial charge in [0.05, 0.1) is 0 Å². The van der Waals surface area contributed by atoms with Crippen LogP contribution in [0.5, 0.6) is 0 Å². The maximum atomic E-state index is 12.4. The van der Waals surface area contributed by atoms with Crippen LogP contribution in [0.4, 0.5) is 0 Å². The first-order valence-corrected chi connectivity index (χ1v) is 11.7. The number of benzene rings is 1. The zero-order valence-electron chi connectivity index (χ0n) is 18.8. The Morgan fingerprint density at radius 1 is 1.10 bits per heavy atom. The van der Waals surface area contributed by atoms with Crippen LogP contribution in [0, 0.1) is 11.8 Å². The van der Waals surface area contributed by atoms with Crippen molar-refractivity contribution in [2.45, 2.75) is 39.5 Å². The third kappa shape index (κ3) is 7.01. The Hall–Kier alpha value is -2.08. The van der Waals surface area contributed by atoms with E-state index in [1.54, 1.807) is 0 Å². The highest BCUT2D eigenvalue weighted by molar-refractivity contribution is 5.80. The Kier molecular flexibility index (Phi) is 9.00. The number of aliphatic imine (C=N–C) groups is 1. The molecule has 0 radical (unpaired) electrons. The summed E-state index contributed by atoms with van der Waals surface area (Å²) < 4.78 is 0. The first-order valence-electron chi connectivity index (χ1n) is 11.7. The first kappa shape index (κ1) is 22.6. The molecule has 2 unspecified atom stereocenters. The molecular weight excluding hydrogens is 374 g/mol. The van der Waals surface area contributed by atoms with Crippen LogP contribution in [0.25, 0.3) is 0 Å². The van der Waals surface area contributed by atoms with Gasteiger partial charge >= 0.3 is 0 Å². The third-order valence-corrected chi connectivity index (χ3v) is 6.13. The molecule has 0 spiro atoms. The summed E-state index contributed by atoms with van der Waals surface area (Å²) in [6.07, 6.45) is 4.03. The lowest BCUT2D eigenvalue weighted by Crippen LogP contribution is -2.40. The Labute approximate surface area is 182 Å². The summed E-state index contributed by atoms with van der Waals surface area (Å²) in [6.45, 7) is 12.1. The van der Waals surface area contributed by atoms with Crippen molar-refractivity contribution in [3.8, 4) is 0 Å². The fourth-order valence-corrected chi connectivity index (χ4v) is 4.50. The fourth-order valence-electron chi connectivity index (χ4n) is 4.50. The maximum absolute atomic E-state index is 12.4. The molecule has 3 rings (SSSR count). The van der Waals surface area contributed by atoms with Crippen LogP contribution in [-0.4, -0.2) is 74.0 Å². The van der Waals surface area contributed by atoms with E-state index < -0.39 is 0 Å². The minimum atomic E-state index is 0.270. The van der Waals surface area contributed by atoms with Crippen LogP contribution in [0.3, 0.4) is 0 Å². The summed E-state index contributed by atoms with van der Waals surface area (Å²) in [5.74, 6) is 2.17. The number of hydrogen-bond donors (Lipinski definition) is 2. The monoisotopic (exact) mass is 413 g/mol. The predicted octanol–water partition coefficient (Wildman–Crippen LogP) is 2.36. The van der Waals surface area contributed by atoms with E-state index in [2.05, 4.69) is 53.6 Å². The zero-order valence-corrected chi connectivity index (χ0v) is 18.8. The van der Waals surface area contributed by atoms with Crippen molar-refractivity contribution < 1.29 is 4.79 Å².